The minimum absolute atomic E-state index is 0.00555. The Morgan fingerprint density at radius 1 is 1.14 bits per heavy atom. The lowest BCUT2D eigenvalue weighted by molar-refractivity contribution is -0.125. The maximum absolute atomic E-state index is 12.2. The predicted octanol–water partition coefficient (Wildman–Crippen LogP) is 4.43. The summed E-state index contributed by atoms with van der Waals surface area (Å²) >= 11 is 3.47. The van der Waals surface area contributed by atoms with Crippen molar-refractivity contribution in [1.82, 2.24) is 4.90 Å². The van der Waals surface area contributed by atoms with Crippen molar-refractivity contribution in [2.45, 2.75) is 13.5 Å². The molecule has 2 nitrogen and oxygen atoms in total. The summed E-state index contributed by atoms with van der Waals surface area (Å²) in [6.45, 7) is 2.68. The number of carbonyl (C=O) groups is 1. The monoisotopic (exact) mass is 343 g/mol. The normalized spacial score (nSPS) is 10.8. The average Bonchev–Trinajstić information content (AvgIpc) is 2.48. The van der Waals surface area contributed by atoms with E-state index >= 15 is 0 Å². The van der Waals surface area contributed by atoms with Crippen molar-refractivity contribution < 1.29 is 4.79 Å². The number of halogens is 1. The predicted molar refractivity (Wildman–Crippen MR) is 90.8 cm³/mol. The SMILES string of the molecule is Cc1ccccc1CN(C)C(=O)/C=C/c1ccccc1Br. The van der Waals surface area contributed by atoms with Crippen molar-refractivity contribution in [3.8, 4) is 0 Å². The van der Waals surface area contributed by atoms with Gasteiger partial charge in [0.15, 0.2) is 0 Å². The van der Waals surface area contributed by atoms with Gasteiger partial charge in [0.05, 0.1) is 0 Å². The van der Waals surface area contributed by atoms with E-state index in [1.54, 1.807) is 11.0 Å². The molecule has 0 radical (unpaired) electrons. The van der Waals surface area contributed by atoms with Gasteiger partial charge in [0, 0.05) is 24.1 Å². The molecule has 0 saturated heterocycles. The molecule has 0 saturated carbocycles. The van der Waals surface area contributed by atoms with Crippen LogP contribution in [0.25, 0.3) is 6.08 Å². The van der Waals surface area contributed by atoms with Crippen LogP contribution in [0.3, 0.4) is 0 Å². The van der Waals surface area contributed by atoms with Crippen LogP contribution >= 0.6 is 15.9 Å². The van der Waals surface area contributed by atoms with E-state index in [-0.39, 0.29) is 5.91 Å². The van der Waals surface area contributed by atoms with Crippen LogP contribution in [0.4, 0.5) is 0 Å². The Bertz CT molecular complexity index is 664. The van der Waals surface area contributed by atoms with Gasteiger partial charge in [0.2, 0.25) is 5.91 Å². The number of likely N-dealkylation sites (N-methyl/N-ethyl adjacent to an activating group) is 1. The topological polar surface area (TPSA) is 20.3 Å². The van der Waals surface area contributed by atoms with Crippen molar-refractivity contribution in [3.63, 3.8) is 0 Å². The second-order valence-corrected chi connectivity index (χ2v) is 5.83. The van der Waals surface area contributed by atoms with Crippen LogP contribution in [0.2, 0.25) is 0 Å². The lowest BCUT2D eigenvalue weighted by Crippen LogP contribution is -2.24. The van der Waals surface area contributed by atoms with Crippen LogP contribution in [0.5, 0.6) is 0 Å². The lowest BCUT2D eigenvalue weighted by atomic mass is 10.1. The molecule has 21 heavy (non-hydrogen) atoms. The van der Waals surface area contributed by atoms with Crippen molar-refractivity contribution in [1.29, 1.82) is 0 Å². The third-order valence-electron chi connectivity index (χ3n) is 3.36. The fraction of sp³-hybridized carbons (Fsp3) is 0.167. The van der Waals surface area contributed by atoms with Gasteiger partial charge in [-0.05, 0) is 35.8 Å². The van der Waals surface area contributed by atoms with E-state index in [2.05, 4.69) is 35.0 Å². The van der Waals surface area contributed by atoms with E-state index < -0.39 is 0 Å². The van der Waals surface area contributed by atoms with E-state index in [4.69, 9.17) is 0 Å². The molecule has 2 aromatic rings. The van der Waals surface area contributed by atoms with Crippen LogP contribution in [-0.4, -0.2) is 17.9 Å². The summed E-state index contributed by atoms with van der Waals surface area (Å²) in [6, 6.07) is 15.9. The Balaban J connectivity index is 2.03. The average molecular weight is 344 g/mol. The largest absolute Gasteiger partial charge is 0.338 e. The molecule has 0 N–H and O–H groups in total. The summed E-state index contributed by atoms with van der Waals surface area (Å²) in [6.07, 6.45) is 3.44. The summed E-state index contributed by atoms with van der Waals surface area (Å²) in [7, 11) is 1.82. The van der Waals surface area contributed by atoms with Gasteiger partial charge in [-0.15, -0.1) is 0 Å². The molecule has 108 valence electrons. The Morgan fingerprint density at radius 3 is 2.52 bits per heavy atom. The Labute approximate surface area is 134 Å². The van der Waals surface area contributed by atoms with E-state index in [1.807, 2.05) is 49.5 Å². The zero-order valence-corrected chi connectivity index (χ0v) is 13.8. The Kier molecular flexibility index (Phi) is 5.34. The molecular formula is C18H18BrNO. The smallest absolute Gasteiger partial charge is 0.246 e. The number of carbonyl (C=O) groups excluding carboxylic acids is 1. The first-order valence-corrected chi connectivity index (χ1v) is 7.59. The van der Waals surface area contributed by atoms with Crippen LogP contribution in [0.1, 0.15) is 16.7 Å². The van der Waals surface area contributed by atoms with E-state index in [0.29, 0.717) is 6.54 Å². The van der Waals surface area contributed by atoms with E-state index in [9.17, 15) is 4.79 Å². The highest BCUT2D eigenvalue weighted by molar-refractivity contribution is 9.10. The Morgan fingerprint density at radius 2 is 1.81 bits per heavy atom. The zero-order chi connectivity index (χ0) is 15.2. The quantitative estimate of drug-likeness (QED) is 0.752. The number of hydrogen-bond donors (Lipinski definition) is 0. The van der Waals surface area contributed by atoms with Gasteiger partial charge < -0.3 is 4.90 Å². The van der Waals surface area contributed by atoms with Gasteiger partial charge in [-0.3, -0.25) is 4.79 Å². The Hall–Kier alpha value is -1.87. The summed E-state index contributed by atoms with van der Waals surface area (Å²) in [4.78, 5) is 13.9. The summed E-state index contributed by atoms with van der Waals surface area (Å²) in [5.41, 5.74) is 3.37. The molecule has 0 unspecified atom stereocenters. The highest BCUT2D eigenvalue weighted by atomic mass is 79.9. The molecular weight excluding hydrogens is 326 g/mol. The first-order chi connectivity index (χ1) is 10.1. The van der Waals surface area contributed by atoms with Gasteiger partial charge in [0.1, 0.15) is 0 Å². The maximum atomic E-state index is 12.2. The van der Waals surface area contributed by atoms with Gasteiger partial charge in [0.25, 0.3) is 0 Å². The van der Waals surface area contributed by atoms with Crippen molar-refractivity contribution in [2.75, 3.05) is 7.05 Å². The molecule has 0 aliphatic rings. The number of rotatable bonds is 4. The second kappa shape index (κ2) is 7.23. The van der Waals surface area contributed by atoms with Crippen molar-refractivity contribution in [2.24, 2.45) is 0 Å². The maximum Gasteiger partial charge on any atom is 0.246 e. The van der Waals surface area contributed by atoms with Crippen LogP contribution < -0.4 is 0 Å². The first-order valence-electron chi connectivity index (χ1n) is 6.80. The number of amides is 1. The second-order valence-electron chi connectivity index (χ2n) is 4.98. The zero-order valence-electron chi connectivity index (χ0n) is 12.2. The number of aryl methyl sites for hydroxylation is 1. The van der Waals surface area contributed by atoms with Crippen LogP contribution in [0, 0.1) is 6.92 Å². The molecule has 0 bridgehead atoms. The minimum atomic E-state index is -0.00555. The highest BCUT2D eigenvalue weighted by Crippen LogP contribution is 2.17. The molecule has 0 spiro atoms. The first kappa shape index (κ1) is 15.5. The van der Waals surface area contributed by atoms with Gasteiger partial charge in [-0.25, -0.2) is 0 Å². The third-order valence-corrected chi connectivity index (χ3v) is 4.08. The van der Waals surface area contributed by atoms with Crippen LogP contribution in [0.15, 0.2) is 59.1 Å². The number of nitrogens with zero attached hydrogens (tertiary/aromatic N) is 1. The summed E-state index contributed by atoms with van der Waals surface area (Å²) < 4.78 is 0.982. The molecule has 0 aliphatic heterocycles. The minimum Gasteiger partial charge on any atom is -0.338 e. The van der Waals surface area contributed by atoms with Crippen LogP contribution in [-0.2, 0) is 11.3 Å². The summed E-state index contributed by atoms with van der Waals surface area (Å²) in [5.74, 6) is -0.00555. The molecule has 2 aromatic carbocycles. The standard InChI is InChI=1S/C18H18BrNO/c1-14-7-3-4-9-16(14)13-20(2)18(21)12-11-15-8-5-6-10-17(15)19/h3-12H,13H2,1-2H3/b12-11+. The van der Waals surface area contributed by atoms with Gasteiger partial charge >= 0.3 is 0 Å². The third kappa shape index (κ3) is 4.30. The molecule has 0 atom stereocenters. The van der Waals surface area contributed by atoms with Crippen molar-refractivity contribution >= 4 is 27.9 Å². The van der Waals surface area contributed by atoms with E-state index in [1.165, 1.54) is 11.1 Å². The lowest BCUT2D eigenvalue weighted by Gasteiger charge is -2.16. The molecule has 0 aromatic heterocycles. The molecule has 1 amide bonds. The summed E-state index contributed by atoms with van der Waals surface area (Å²) in [5, 5.41) is 0. The highest BCUT2D eigenvalue weighted by Gasteiger charge is 2.07. The molecule has 0 heterocycles. The molecule has 2 rings (SSSR count). The fourth-order valence-electron chi connectivity index (χ4n) is 2.02. The molecule has 0 aliphatic carbocycles. The van der Waals surface area contributed by atoms with E-state index in [0.717, 1.165) is 10.0 Å². The van der Waals surface area contributed by atoms with Gasteiger partial charge in [-0.1, -0.05) is 58.4 Å². The molecule has 3 heteroatoms. The van der Waals surface area contributed by atoms with Gasteiger partial charge in [-0.2, -0.15) is 0 Å². The number of benzene rings is 2. The fourth-order valence-corrected chi connectivity index (χ4v) is 2.44. The molecule has 0 fully saturated rings. The number of hydrogen-bond acceptors (Lipinski definition) is 1. The van der Waals surface area contributed by atoms with Crippen molar-refractivity contribution in [3.05, 3.63) is 75.8 Å².